The van der Waals surface area contributed by atoms with Gasteiger partial charge in [-0.3, -0.25) is 4.79 Å². The van der Waals surface area contributed by atoms with Crippen LogP contribution in [-0.2, 0) is 16.1 Å². The quantitative estimate of drug-likeness (QED) is 0.694. The smallest absolute Gasteiger partial charge is 0.349 e. The Balaban J connectivity index is 2.20. The minimum atomic E-state index is -0.588. The molecule has 0 saturated heterocycles. The topological polar surface area (TPSA) is 103 Å². The van der Waals surface area contributed by atoms with Gasteiger partial charge in [0.25, 0.3) is 0 Å². The van der Waals surface area contributed by atoms with Gasteiger partial charge in [-0.25, -0.2) is 4.79 Å². The first-order valence-corrected chi connectivity index (χ1v) is 9.77. The maximum atomic E-state index is 12.5. The van der Waals surface area contributed by atoms with Crippen LogP contribution in [0, 0.1) is 35.5 Å². The van der Waals surface area contributed by atoms with E-state index in [9.17, 15) is 14.9 Å². The molecule has 0 radical (unpaired) electrons. The molecule has 0 aliphatic heterocycles. The molecule has 1 aromatic heterocycles. The van der Waals surface area contributed by atoms with Crippen LogP contribution < -0.4 is 5.32 Å². The number of benzene rings is 1. The molecule has 0 aliphatic carbocycles. The molecule has 144 valence electrons. The summed E-state index contributed by atoms with van der Waals surface area (Å²) in [5.74, 6) is -0.896. The first-order valence-electron chi connectivity index (χ1n) is 8.96. The molecule has 0 aliphatic rings. The van der Waals surface area contributed by atoms with Crippen molar-refractivity contribution >= 4 is 28.2 Å². The van der Waals surface area contributed by atoms with Gasteiger partial charge in [0.1, 0.15) is 22.6 Å². The van der Waals surface area contributed by atoms with Gasteiger partial charge in [-0.05, 0) is 31.4 Å². The zero-order valence-corrected chi connectivity index (χ0v) is 16.9. The molecular weight excluding hydrogens is 374 g/mol. The van der Waals surface area contributed by atoms with Gasteiger partial charge in [0.05, 0.1) is 17.2 Å². The largest absolute Gasteiger partial charge is 0.457 e. The molecule has 1 N–H and O–H groups in total. The van der Waals surface area contributed by atoms with Crippen molar-refractivity contribution in [2.45, 2.75) is 40.2 Å². The van der Waals surface area contributed by atoms with Gasteiger partial charge in [-0.15, -0.1) is 11.3 Å². The second kappa shape index (κ2) is 9.68. The fourth-order valence-electron chi connectivity index (χ4n) is 2.77. The summed E-state index contributed by atoms with van der Waals surface area (Å²) in [5.41, 5.74) is 1.80. The summed E-state index contributed by atoms with van der Waals surface area (Å²) in [7, 11) is 0. The van der Waals surface area contributed by atoms with Crippen LogP contribution in [0.5, 0.6) is 0 Å². The molecule has 2 aromatic rings. The summed E-state index contributed by atoms with van der Waals surface area (Å²) >= 11 is 1.04. The molecule has 2 rings (SSSR count). The molecule has 0 fully saturated rings. The predicted octanol–water partition coefficient (Wildman–Crippen LogP) is 4.53. The number of hydrogen-bond acceptors (Lipinski definition) is 6. The molecule has 1 amide bonds. The molecule has 6 nitrogen and oxygen atoms in total. The van der Waals surface area contributed by atoms with Gasteiger partial charge >= 0.3 is 5.97 Å². The van der Waals surface area contributed by atoms with Crippen LogP contribution in [-0.4, -0.2) is 11.9 Å². The Bertz CT molecular complexity index is 962. The monoisotopic (exact) mass is 395 g/mol. The fourth-order valence-corrected chi connectivity index (χ4v) is 3.82. The van der Waals surface area contributed by atoms with E-state index in [-0.39, 0.29) is 28.9 Å². The van der Waals surface area contributed by atoms with Gasteiger partial charge in [-0.2, -0.15) is 10.5 Å². The summed E-state index contributed by atoms with van der Waals surface area (Å²) in [6.45, 7) is 5.47. The molecule has 28 heavy (non-hydrogen) atoms. The van der Waals surface area contributed by atoms with Crippen molar-refractivity contribution in [2.75, 3.05) is 5.32 Å². The van der Waals surface area contributed by atoms with Gasteiger partial charge in [0.15, 0.2) is 0 Å². The van der Waals surface area contributed by atoms with Crippen LogP contribution in [0.25, 0.3) is 0 Å². The normalized spacial score (nSPS) is 10.2. The zero-order chi connectivity index (χ0) is 20.7. The van der Waals surface area contributed by atoms with E-state index in [1.807, 2.05) is 13.8 Å². The molecule has 0 atom stereocenters. The van der Waals surface area contributed by atoms with Gasteiger partial charge in [0.2, 0.25) is 5.91 Å². The number of rotatable bonds is 7. The SMILES string of the molecule is CCC(CC)C(=O)Nc1sc(C(=O)OCc2ccccc2C#N)c(C)c1C#N. The molecule has 1 aromatic carbocycles. The van der Waals surface area contributed by atoms with E-state index < -0.39 is 5.97 Å². The number of nitrogens with one attached hydrogen (secondary N) is 1. The third-order valence-corrected chi connectivity index (χ3v) is 5.72. The fraction of sp³-hybridized carbons (Fsp3) is 0.333. The summed E-state index contributed by atoms with van der Waals surface area (Å²) in [4.78, 5) is 25.2. The van der Waals surface area contributed by atoms with Gasteiger partial charge < -0.3 is 10.1 Å². The second-order valence-corrected chi connectivity index (χ2v) is 7.24. The van der Waals surface area contributed by atoms with E-state index in [1.54, 1.807) is 31.2 Å². The number of ether oxygens (including phenoxy) is 1. The number of nitrogens with zero attached hydrogens (tertiary/aromatic N) is 2. The maximum Gasteiger partial charge on any atom is 0.349 e. The second-order valence-electron chi connectivity index (χ2n) is 6.22. The minimum absolute atomic E-state index is 0.0444. The summed E-state index contributed by atoms with van der Waals surface area (Å²) in [6.07, 6.45) is 1.39. The zero-order valence-electron chi connectivity index (χ0n) is 16.0. The van der Waals surface area contributed by atoms with Crippen molar-refractivity contribution in [3.05, 3.63) is 51.4 Å². The lowest BCUT2D eigenvalue weighted by molar-refractivity contribution is -0.120. The molecule has 1 heterocycles. The highest BCUT2D eigenvalue weighted by Gasteiger charge is 2.24. The molecule has 0 spiro atoms. The van der Waals surface area contributed by atoms with Crippen molar-refractivity contribution in [2.24, 2.45) is 5.92 Å². The first kappa shape index (κ1) is 21.1. The summed E-state index contributed by atoms with van der Waals surface area (Å²) < 4.78 is 5.34. The number of esters is 1. The van der Waals surface area contributed by atoms with Crippen molar-refractivity contribution in [3.8, 4) is 12.1 Å². The molecule has 0 bridgehead atoms. The Hall–Kier alpha value is -3.16. The number of amides is 1. The van der Waals surface area contributed by atoms with Crippen LogP contribution in [0.1, 0.15) is 58.6 Å². The van der Waals surface area contributed by atoms with Crippen LogP contribution in [0.15, 0.2) is 24.3 Å². The number of thiophene rings is 1. The van der Waals surface area contributed by atoms with E-state index in [0.717, 1.165) is 11.3 Å². The number of anilines is 1. The minimum Gasteiger partial charge on any atom is -0.457 e. The Morgan fingerprint density at radius 2 is 1.86 bits per heavy atom. The van der Waals surface area contributed by atoms with Crippen molar-refractivity contribution in [1.82, 2.24) is 0 Å². The lowest BCUT2D eigenvalue weighted by Crippen LogP contribution is -2.21. The molecule has 0 saturated carbocycles. The van der Waals surface area contributed by atoms with E-state index >= 15 is 0 Å². The highest BCUT2D eigenvalue weighted by atomic mass is 32.1. The first-order chi connectivity index (χ1) is 13.5. The van der Waals surface area contributed by atoms with Crippen LogP contribution >= 0.6 is 11.3 Å². The third kappa shape index (κ3) is 4.57. The van der Waals surface area contributed by atoms with Gasteiger partial charge in [-0.1, -0.05) is 32.0 Å². The standard InChI is InChI=1S/C21H21N3O3S/c1-4-14(5-2)19(25)24-20-17(11-23)13(3)18(28-20)21(26)27-12-16-9-7-6-8-15(16)10-22/h6-9,14H,4-5,12H2,1-3H3,(H,24,25). The van der Waals surface area contributed by atoms with E-state index in [4.69, 9.17) is 10.00 Å². The molecule has 0 unspecified atom stereocenters. The number of nitriles is 2. The third-order valence-electron chi connectivity index (χ3n) is 4.53. The van der Waals surface area contributed by atoms with Crippen molar-refractivity contribution < 1.29 is 14.3 Å². The predicted molar refractivity (Wildman–Crippen MR) is 107 cm³/mol. The summed E-state index contributed by atoms with van der Waals surface area (Å²) in [5, 5.41) is 21.7. The van der Waals surface area contributed by atoms with E-state index in [1.165, 1.54) is 0 Å². The number of carbonyl (C=O) groups is 2. The lowest BCUT2D eigenvalue weighted by atomic mass is 10.0. The van der Waals surface area contributed by atoms with Crippen molar-refractivity contribution in [3.63, 3.8) is 0 Å². The van der Waals surface area contributed by atoms with Crippen LogP contribution in [0.4, 0.5) is 5.00 Å². The highest BCUT2D eigenvalue weighted by molar-refractivity contribution is 7.18. The Morgan fingerprint density at radius 1 is 1.18 bits per heavy atom. The number of carbonyl (C=O) groups excluding carboxylic acids is 2. The Morgan fingerprint density at radius 3 is 2.46 bits per heavy atom. The maximum absolute atomic E-state index is 12.5. The van der Waals surface area contributed by atoms with Crippen LogP contribution in [0.2, 0.25) is 0 Å². The van der Waals surface area contributed by atoms with Crippen LogP contribution in [0.3, 0.4) is 0 Å². The molecule has 7 heteroatoms. The van der Waals surface area contributed by atoms with Crippen molar-refractivity contribution in [1.29, 1.82) is 10.5 Å². The van der Waals surface area contributed by atoms with Gasteiger partial charge in [0, 0.05) is 11.5 Å². The average molecular weight is 395 g/mol. The van der Waals surface area contributed by atoms with E-state index in [0.29, 0.717) is 34.5 Å². The number of hydrogen-bond donors (Lipinski definition) is 1. The lowest BCUT2D eigenvalue weighted by Gasteiger charge is -2.11. The highest BCUT2D eigenvalue weighted by Crippen LogP contribution is 2.33. The Kier molecular flexibility index (Phi) is 7.31. The Labute approximate surface area is 168 Å². The summed E-state index contributed by atoms with van der Waals surface area (Å²) in [6, 6.07) is 11.0. The molecular formula is C21H21N3O3S. The van der Waals surface area contributed by atoms with E-state index in [2.05, 4.69) is 17.5 Å². The average Bonchev–Trinajstić information content (AvgIpc) is 3.02.